The average molecular weight is 344 g/mol. The zero-order chi connectivity index (χ0) is 18.0. The van der Waals surface area contributed by atoms with Crippen LogP contribution in [0.3, 0.4) is 0 Å². The molecule has 1 fully saturated rings. The Morgan fingerprint density at radius 2 is 1.76 bits per heavy atom. The standard InChI is InChI=1S/C19H18F2N2O2/c1-10-5-12(22)6-11(2)16(10)25-13-3-4-15-14(7-13)18(17(24)23-15)8-19(20,21)9-18/h3-7H,8-9,22H2,1-2H3,(H,23,24). The highest BCUT2D eigenvalue weighted by Crippen LogP contribution is 2.58. The van der Waals surface area contributed by atoms with Gasteiger partial charge in [-0.1, -0.05) is 0 Å². The summed E-state index contributed by atoms with van der Waals surface area (Å²) in [5, 5.41) is 2.70. The van der Waals surface area contributed by atoms with Gasteiger partial charge in [-0.25, -0.2) is 8.78 Å². The number of nitrogens with one attached hydrogen (secondary N) is 1. The molecule has 4 rings (SSSR count). The molecular weight excluding hydrogens is 326 g/mol. The largest absolute Gasteiger partial charge is 0.457 e. The van der Waals surface area contributed by atoms with Crippen LogP contribution in [0.15, 0.2) is 30.3 Å². The fourth-order valence-electron chi connectivity index (χ4n) is 3.90. The van der Waals surface area contributed by atoms with Crippen LogP contribution in [0.1, 0.15) is 29.5 Å². The smallest absolute Gasteiger partial charge is 0.250 e. The molecule has 1 heterocycles. The Hall–Kier alpha value is -2.63. The molecule has 25 heavy (non-hydrogen) atoms. The maximum absolute atomic E-state index is 13.5. The summed E-state index contributed by atoms with van der Waals surface area (Å²) >= 11 is 0. The van der Waals surface area contributed by atoms with Gasteiger partial charge in [-0.3, -0.25) is 4.79 Å². The Labute approximate surface area is 144 Å². The van der Waals surface area contributed by atoms with E-state index < -0.39 is 24.2 Å². The van der Waals surface area contributed by atoms with E-state index in [-0.39, 0.29) is 5.91 Å². The first-order valence-corrected chi connectivity index (χ1v) is 8.09. The molecule has 3 N–H and O–H groups in total. The van der Waals surface area contributed by atoms with Crippen LogP contribution in [0.2, 0.25) is 0 Å². The third kappa shape index (κ3) is 2.35. The van der Waals surface area contributed by atoms with Crippen molar-refractivity contribution in [2.45, 2.75) is 38.0 Å². The molecule has 0 bridgehead atoms. The molecule has 1 amide bonds. The second-order valence-corrected chi connectivity index (χ2v) is 7.04. The summed E-state index contributed by atoms with van der Waals surface area (Å²) < 4.78 is 32.9. The van der Waals surface area contributed by atoms with E-state index in [1.807, 2.05) is 26.0 Å². The van der Waals surface area contributed by atoms with Crippen LogP contribution < -0.4 is 15.8 Å². The molecule has 6 heteroatoms. The Bertz CT molecular complexity index is 877. The van der Waals surface area contributed by atoms with E-state index in [2.05, 4.69) is 5.32 Å². The average Bonchev–Trinajstić information content (AvgIpc) is 2.74. The number of hydrogen-bond donors (Lipinski definition) is 2. The lowest BCUT2D eigenvalue weighted by Crippen LogP contribution is -2.53. The number of carbonyl (C=O) groups is 1. The number of ether oxygens (including phenoxy) is 1. The van der Waals surface area contributed by atoms with E-state index in [4.69, 9.17) is 10.5 Å². The van der Waals surface area contributed by atoms with Crippen molar-refractivity contribution in [1.82, 2.24) is 0 Å². The molecule has 1 aliphatic carbocycles. The van der Waals surface area contributed by atoms with Gasteiger partial charge in [0.1, 0.15) is 11.5 Å². The summed E-state index contributed by atoms with van der Waals surface area (Å²) in [5.74, 6) is -1.95. The summed E-state index contributed by atoms with van der Waals surface area (Å²) in [4.78, 5) is 12.2. The van der Waals surface area contributed by atoms with Gasteiger partial charge in [0, 0.05) is 24.2 Å². The minimum Gasteiger partial charge on any atom is -0.457 e. The molecule has 1 spiro atoms. The molecule has 1 aliphatic heterocycles. The molecule has 130 valence electrons. The number of amides is 1. The first kappa shape index (κ1) is 15.9. The van der Waals surface area contributed by atoms with E-state index in [0.717, 1.165) is 11.1 Å². The van der Waals surface area contributed by atoms with Gasteiger partial charge in [-0.05, 0) is 60.9 Å². The van der Waals surface area contributed by atoms with E-state index in [1.54, 1.807) is 18.2 Å². The number of anilines is 2. The van der Waals surface area contributed by atoms with Crippen molar-refractivity contribution in [2.24, 2.45) is 0 Å². The summed E-state index contributed by atoms with van der Waals surface area (Å²) in [6.07, 6.45) is -0.912. The Balaban J connectivity index is 1.71. The van der Waals surface area contributed by atoms with Crippen LogP contribution in [-0.2, 0) is 10.2 Å². The molecule has 2 aromatic carbocycles. The molecule has 2 aliphatic rings. The molecule has 0 aromatic heterocycles. The van der Waals surface area contributed by atoms with E-state index in [9.17, 15) is 13.6 Å². The Kier molecular flexibility index (Phi) is 3.14. The number of hydrogen-bond acceptors (Lipinski definition) is 3. The maximum Gasteiger partial charge on any atom is 0.250 e. The number of rotatable bonds is 2. The number of benzene rings is 2. The Morgan fingerprint density at radius 1 is 1.12 bits per heavy atom. The van der Waals surface area contributed by atoms with Crippen molar-refractivity contribution in [3.8, 4) is 11.5 Å². The molecule has 0 unspecified atom stereocenters. The number of fused-ring (bicyclic) bond motifs is 2. The quantitative estimate of drug-likeness (QED) is 0.799. The van der Waals surface area contributed by atoms with Crippen molar-refractivity contribution in [3.05, 3.63) is 47.0 Å². The van der Waals surface area contributed by atoms with Gasteiger partial charge in [-0.15, -0.1) is 0 Å². The van der Waals surface area contributed by atoms with Crippen molar-refractivity contribution in [3.63, 3.8) is 0 Å². The maximum atomic E-state index is 13.5. The monoisotopic (exact) mass is 344 g/mol. The van der Waals surface area contributed by atoms with Crippen molar-refractivity contribution >= 4 is 17.3 Å². The summed E-state index contributed by atoms with van der Waals surface area (Å²) in [7, 11) is 0. The second-order valence-electron chi connectivity index (χ2n) is 7.04. The summed E-state index contributed by atoms with van der Waals surface area (Å²) in [6.45, 7) is 3.79. The zero-order valence-corrected chi connectivity index (χ0v) is 14.0. The highest BCUT2D eigenvalue weighted by Gasteiger charge is 2.64. The lowest BCUT2D eigenvalue weighted by atomic mass is 9.62. The summed E-state index contributed by atoms with van der Waals surface area (Å²) in [5.41, 5.74) is 8.29. The van der Waals surface area contributed by atoms with Gasteiger partial charge < -0.3 is 15.8 Å². The first-order chi connectivity index (χ1) is 11.7. The van der Waals surface area contributed by atoms with Crippen LogP contribution in [0.4, 0.5) is 20.2 Å². The van der Waals surface area contributed by atoms with Gasteiger partial charge in [0.2, 0.25) is 5.91 Å². The molecule has 2 aromatic rings. The third-order valence-corrected chi connectivity index (χ3v) is 5.01. The van der Waals surface area contributed by atoms with Crippen molar-refractivity contribution in [2.75, 3.05) is 11.1 Å². The highest BCUT2D eigenvalue weighted by molar-refractivity contribution is 6.07. The normalized spacial score (nSPS) is 19.3. The van der Waals surface area contributed by atoms with Crippen LogP contribution in [0, 0.1) is 13.8 Å². The highest BCUT2D eigenvalue weighted by atomic mass is 19.3. The molecule has 0 radical (unpaired) electrons. The molecular formula is C19H18F2N2O2. The second kappa shape index (κ2) is 4.94. The SMILES string of the molecule is Cc1cc(N)cc(C)c1Oc1ccc2c(c1)C1(CC(F)(F)C1)C(=O)N2. The summed E-state index contributed by atoms with van der Waals surface area (Å²) in [6, 6.07) is 8.75. The van der Waals surface area contributed by atoms with Crippen LogP contribution in [0.5, 0.6) is 11.5 Å². The van der Waals surface area contributed by atoms with Gasteiger partial charge in [0.25, 0.3) is 5.92 Å². The van der Waals surface area contributed by atoms with Crippen LogP contribution >= 0.6 is 0 Å². The number of halogens is 2. The van der Waals surface area contributed by atoms with Gasteiger partial charge in [-0.2, -0.15) is 0 Å². The van der Waals surface area contributed by atoms with E-state index in [1.165, 1.54) is 0 Å². The molecule has 0 atom stereocenters. The third-order valence-electron chi connectivity index (χ3n) is 5.01. The van der Waals surface area contributed by atoms with E-state index in [0.29, 0.717) is 28.4 Å². The van der Waals surface area contributed by atoms with Gasteiger partial charge in [0.05, 0.1) is 5.41 Å². The topological polar surface area (TPSA) is 64.3 Å². The van der Waals surface area contributed by atoms with Gasteiger partial charge in [0.15, 0.2) is 0 Å². The molecule has 1 saturated carbocycles. The number of nitrogen functional groups attached to an aromatic ring is 1. The lowest BCUT2D eigenvalue weighted by Gasteiger charge is -2.43. The first-order valence-electron chi connectivity index (χ1n) is 8.09. The fraction of sp³-hybridized carbons (Fsp3) is 0.316. The fourth-order valence-corrected chi connectivity index (χ4v) is 3.90. The van der Waals surface area contributed by atoms with E-state index >= 15 is 0 Å². The van der Waals surface area contributed by atoms with Crippen LogP contribution in [0.25, 0.3) is 0 Å². The predicted molar refractivity (Wildman–Crippen MR) is 91.3 cm³/mol. The van der Waals surface area contributed by atoms with Crippen LogP contribution in [-0.4, -0.2) is 11.8 Å². The minimum absolute atomic E-state index is 0.356. The number of aryl methyl sites for hydroxylation is 2. The number of nitrogens with two attached hydrogens (primary N) is 1. The van der Waals surface area contributed by atoms with Gasteiger partial charge >= 0.3 is 0 Å². The molecule has 4 nitrogen and oxygen atoms in total. The number of alkyl halides is 2. The minimum atomic E-state index is -2.79. The molecule has 0 saturated heterocycles. The van der Waals surface area contributed by atoms with Crippen molar-refractivity contribution < 1.29 is 18.3 Å². The lowest BCUT2D eigenvalue weighted by molar-refractivity contribution is -0.152. The number of carbonyl (C=O) groups excluding carboxylic acids is 1. The van der Waals surface area contributed by atoms with Crippen molar-refractivity contribution in [1.29, 1.82) is 0 Å². The predicted octanol–water partition coefficient (Wildman–Crippen LogP) is 4.30. The Morgan fingerprint density at radius 3 is 2.36 bits per heavy atom. The zero-order valence-electron chi connectivity index (χ0n) is 14.0.